The summed E-state index contributed by atoms with van der Waals surface area (Å²) in [6.45, 7) is 89.2. The highest BCUT2D eigenvalue weighted by atomic mass is 28.3. The molecule has 0 aliphatic heterocycles. The van der Waals surface area contributed by atoms with Crippen LogP contribution in [0.15, 0.2) is 80.2 Å². The molecule has 22 nitrogen and oxygen atoms in total. The van der Waals surface area contributed by atoms with E-state index in [1.54, 1.807) is 20.9 Å². The number of rotatable bonds is 42. The zero-order valence-corrected chi connectivity index (χ0v) is 85.9. The summed E-state index contributed by atoms with van der Waals surface area (Å²) in [4.78, 5) is 46.3. The van der Waals surface area contributed by atoms with Gasteiger partial charge in [0.15, 0.2) is 0 Å². The second-order valence-corrected chi connectivity index (χ2v) is 46.6. The van der Waals surface area contributed by atoms with Crippen molar-refractivity contribution in [2.75, 3.05) is 59.5 Å². The summed E-state index contributed by atoms with van der Waals surface area (Å²) in [5.74, 6) is 0. The molecular formula is C91H195N11O11Si3. The number of nitrogens with zero attached hydrogens (tertiary/aromatic N) is 11. The standard InChI is InChI=1S/C12H27NOSi.C10H23NOSi.C9H21NOSi.C9H19NO.2C8H17NO.C8H15NO.C7H15NO.C7H13NO.C7H15NO.C6H13NO/c1-6-11(13-7-2)12(14)15(8-3,9-4)10-5;1-7-9(11-8(2)3)10(12)13(4,5)6;1-6-8(10-7-2)9(11)12(3,4)5;1-5-8(9(11)6-2)10-7(3)4;1-5-8(7(4)10)9-6(2)3;2*1-4-7(9-6-3)8(10)5-2;1-4-7(5-9)8-6(2)3;1-4-6(8-3)7(9)5-2;1-4-7(6(3)9)8-5-2;1-3-6(5-8)7-4-2/h12,14H,6-10H2,1-5H3;8,10,12H,7H2,1-6H3;9,11H,6-7H2,1-5H3;7,9,11H,5-6H2,1-4H3;6-7,10H,5H2,1-4H3;8,10H,4-6H2,1-3H3;5,8,10H,2,4,6H2,1,3H3;6,9H,4-5H2,1-3H3;5,7,9H,2,4H2,1,3H3;6,9H,4-5H2,1-3H3;8H,3-5H2,1-2H3. The molecule has 0 saturated carbocycles. The van der Waals surface area contributed by atoms with Crippen LogP contribution in [0.1, 0.15) is 305 Å². The number of hydrogen-bond donors (Lipinski definition) is 11. The molecule has 0 aliphatic carbocycles. The molecule has 116 heavy (non-hydrogen) atoms. The summed E-state index contributed by atoms with van der Waals surface area (Å²) in [5.41, 5.74) is 9.30. The molecule has 692 valence electrons. The van der Waals surface area contributed by atoms with Gasteiger partial charge in [-0.1, -0.05) is 180 Å². The summed E-state index contributed by atoms with van der Waals surface area (Å²) in [7, 11) is -2.79. The fraction of sp³-hybridized carbons (Fsp3) is 0.835. The normalized spacial score (nSPS) is 15.2. The van der Waals surface area contributed by atoms with Gasteiger partial charge in [0.1, 0.15) is 12.2 Å². The molecule has 0 aromatic heterocycles. The maximum atomic E-state index is 10.5. The van der Waals surface area contributed by atoms with Crippen molar-refractivity contribution in [1.82, 2.24) is 0 Å². The van der Waals surface area contributed by atoms with Gasteiger partial charge in [-0.2, -0.15) is 0 Å². The molecule has 0 amide bonds. The minimum absolute atomic E-state index is 0.106. The minimum atomic E-state index is -1.52. The molecule has 9 unspecified atom stereocenters. The Morgan fingerprint density at radius 2 is 0.552 bits per heavy atom. The Labute approximate surface area is 719 Å². The lowest BCUT2D eigenvalue weighted by Gasteiger charge is -2.34. The van der Waals surface area contributed by atoms with Gasteiger partial charge >= 0.3 is 0 Å². The lowest BCUT2D eigenvalue weighted by Crippen LogP contribution is -2.50. The van der Waals surface area contributed by atoms with Crippen molar-refractivity contribution in [2.45, 2.75) is 440 Å². The van der Waals surface area contributed by atoms with Crippen LogP contribution in [0.25, 0.3) is 0 Å². The van der Waals surface area contributed by atoms with Crippen molar-refractivity contribution in [1.29, 1.82) is 0 Å². The fourth-order valence-electron chi connectivity index (χ4n) is 10.5. The molecule has 0 rings (SSSR count). The molecular weight excluding hydrogens is 1510 g/mol. The van der Waals surface area contributed by atoms with E-state index in [0.29, 0.717) is 24.2 Å². The third-order valence-electron chi connectivity index (χ3n) is 17.5. The average Bonchev–Trinajstić information content (AvgIpc) is 0.829. The molecule has 0 aromatic rings. The third kappa shape index (κ3) is 78.6. The summed E-state index contributed by atoms with van der Waals surface area (Å²) in [6, 6.07) is 4.67. The molecule has 9 atom stereocenters. The van der Waals surface area contributed by atoms with E-state index >= 15 is 0 Å². The number of aliphatic hydroxyl groups is 11. The summed E-state index contributed by atoms with van der Waals surface area (Å²) in [5, 5.41) is 103. The Hall–Kier alpha value is -3.94. The average molecular weight is 1700 g/mol. The zero-order valence-electron chi connectivity index (χ0n) is 82.9. The lowest BCUT2D eigenvalue weighted by atomic mass is 10.1. The van der Waals surface area contributed by atoms with Crippen LogP contribution in [0.2, 0.25) is 57.4 Å². The van der Waals surface area contributed by atoms with E-state index in [9.17, 15) is 30.6 Å². The Kier molecular flexibility index (Phi) is 104. The van der Waals surface area contributed by atoms with Gasteiger partial charge in [0.25, 0.3) is 0 Å². The topological polar surface area (TPSA) is 358 Å². The van der Waals surface area contributed by atoms with Gasteiger partial charge in [-0.05, 0) is 194 Å². The van der Waals surface area contributed by atoms with Crippen molar-refractivity contribution in [3.8, 4) is 0 Å². The number of aliphatic hydroxyl groups excluding tert-OH is 11. The molecule has 0 radical (unpaired) electrons. The predicted octanol–water partition coefficient (Wildman–Crippen LogP) is 18.9. The second kappa shape index (κ2) is 88.8. The Morgan fingerprint density at radius 1 is 0.293 bits per heavy atom. The molecule has 0 fully saturated rings. The molecule has 25 heteroatoms. The van der Waals surface area contributed by atoms with Gasteiger partial charge in [0, 0.05) is 133 Å². The molecule has 0 aliphatic rings. The largest absolute Gasteiger partial charge is 0.391 e. The van der Waals surface area contributed by atoms with E-state index in [1.807, 2.05) is 166 Å². The summed E-state index contributed by atoms with van der Waals surface area (Å²) in [6.07, 6.45) is 11.4. The summed E-state index contributed by atoms with van der Waals surface area (Å²) < 4.78 is 0. The first-order valence-electron chi connectivity index (χ1n) is 44.5. The maximum Gasteiger partial charge on any atom is 0.109 e. The lowest BCUT2D eigenvalue weighted by molar-refractivity contribution is 0.234. The van der Waals surface area contributed by atoms with E-state index in [2.05, 4.69) is 149 Å². The molecule has 0 heterocycles. The quantitative estimate of drug-likeness (QED) is 0.0155. The van der Waals surface area contributed by atoms with Crippen LogP contribution in [0.5, 0.6) is 0 Å². The van der Waals surface area contributed by atoms with Crippen LogP contribution in [-0.2, 0) is 0 Å². The first-order chi connectivity index (χ1) is 54.1. The van der Waals surface area contributed by atoms with Gasteiger partial charge in [-0.3, -0.25) is 54.9 Å². The van der Waals surface area contributed by atoms with Crippen molar-refractivity contribution in [2.24, 2.45) is 54.9 Å². The van der Waals surface area contributed by atoms with Crippen LogP contribution in [-0.4, -0.2) is 281 Å². The first-order valence-corrected chi connectivity index (χ1v) is 54.4. The SMILES string of the molecule is C=CC(O)C(CC)=NC.C=CC(O)C(CC)=NCC.CCC(=NC(C)C)C(C)O.CCC(=NC(C)C)C(O)CC.CCC(=NC(C)C)C(O)[Si](C)(C)C.CCC(CO)=NC(C)C.CCN=C(CC)C(C)O.CCN=C(CC)C(O)CC.CCN=C(CC)C(O)[Si](C)(C)C.CCN=C(CC)C(O)[Si](CC)(CC)CC.CCN=C(CC)CO. The predicted molar refractivity (Wildman–Crippen MR) is 529 cm³/mol. The van der Waals surface area contributed by atoms with Crippen molar-refractivity contribution in [3.05, 3.63) is 25.3 Å². The smallest absolute Gasteiger partial charge is 0.109 e. The van der Waals surface area contributed by atoms with Crippen molar-refractivity contribution in [3.63, 3.8) is 0 Å². The maximum absolute atomic E-state index is 10.5. The van der Waals surface area contributed by atoms with Crippen LogP contribution in [0, 0.1) is 0 Å². The second-order valence-electron chi connectivity index (χ2n) is 30.6. The van der Waals surface area contributed by atoms with Crippen LogP contribution in [0.3, 0.4) is 0 Å². The van der Waals surface area contributed by atoms with E-state index < -0.39 is 36.4 Å². The number of hydrogen-bond acceptors (Lipinski definition) is 22. The monoisotopic (exact) mass is 1700 g/mol. The highest BCUT2D eigenvalue weighted by Crippen LogP contribution is 2.26. The van der Waals surface area contributed by atoms with E-state index in [0.717, 1.165) is 204 Å². The van der Waals surface area contributed by atoms with Gasteiger partial charge < -0.3 is 56.2 Å². The van der Waals surface area contributed by atoms with E-state index in [4.69, 9.17) is 25.5 Å². The molecule has 0 saturated heterocycles. The molecule has 0 aromatic carbocycles. The summed E-state index contributed by atoms with van der Waals surface area (Å²) >= 11 is 0. The zero-order chi connectivity index (χ0) is 93.5. The third-order valence-corrected chi connectivity index (χ3v) is 27.2. The minimum Gasteiger partial charge on any atom is -0.391 e. The van der Waals surface area contributed by atoms with Crippen LogP contribution in [0.4, 0.5) is 0 Å². The molecule has 11 N–H and O–H groups in total. The van der Waals surface area contributed by atoms with Crippen molar-refractivity contribution < 1.29 is 56.2 Å². The van der Waals surface area contributed by atoms with Gasteiger partial charge in [0.05, 0.1) is 79.0 Å². The highest BCUT2D eigenvalue weighted by molar-refractivity contribution is 6.83. The Bertz CT molecular complexity index is 2600. The van der Waals surface area contributed by atoms with Crippen molar-refractivity contribution >= 4 is 87.1 Å². The Morgan fingerprint density at radius 3 is 0.750 bits per heavy atom. The van der Waals surface area contributed by atoms with Gasteiger partial charge in [-0.25, -0.2) is 0 Å². The van der Waals surface area contributed by atoms with Crippen LogP contribution >= 0.6 is 0 Å². The van der Waals surface area contributed by atoms with E-state index in [-0.39, 0.29) is 54.8 Å². The highest BCUT2D eigenvalue weighted by Gasteiger charge is 2.37. The fourth-order valence-corrected chi connectivity index (χ4v) is 16.7. The van der Waals surface area contributed by atoms with Gasteiger partial charge in [-0.15, -0.1) is 13.2 Å². The molecule has 0 spiro atoms. The van der Waals surface area contributed by atoms with Gasteiger partial charge in [0.2, 0.25) is 0 Å². The Balaban J connectivity index is -0.000000117. The molecule has 0 bridgehead atoms. The number of aliphatic imine (C=N–C) groups is 11. The van der Waals surface area contributed by atoms with Crippen LogP contribution < -0.4 is 0 Å². The van der Waals surface area contributed by atoms with E-state index in [1.165, 1.54) is 12.2 Å². The first kappa shape index (κ1) is 135.